The van der Waals surface area contributed by atoms with Crippen LogP contribution in [-0.2, 0) is 5.54 Å². The minimum absolute atomic E-state index is 0.134. The van der Waals surface area contributed by atoms with Gasteiger partial charge in [-0.05, 0) is 47.1 Å². The van der Waals surface area contributed by atoms with Gasteiger partial charge >= 0.3 is 0 Å². The molecule has 0 aliphatic heterocycles. The summed E-state index contributed by atoms with van der Waals surface area (Å²) in [4.78, 5) is 0. The van der Waals surface area contributed by atoms with Crippen LogP contribution < -0.4 is 10.7 Å². The van der Waals surface area contributed by atoms with E-state index in [1.165, 1.54) is 6.21 Å². The molecule has 0 amide bonds. The van der Waals surface area contributed by atoms with Crippen LogP contribution in [0.25, 0.3) is 0 Å². The minimum Gasteiger partial charge on any atom is -0.507 e. The van der Waals surface area contributed by atoms with Crippen LogP contribution in [0.4, 0.5) is 0 Å². The van der Waals surface area contributed by atoms with E-state index in [-0.39, 0.29) is 5.75 Å². The minimum atomic E-state index is -0.735. The Morgan fingerprint density at radius 2 is 1.27 bits per heavy atom. The van der Waals surface area contributed by atoms with Gasteiger partial charge in [-0.3, -0.25) is 5.43 Å². The molecule has 0 saturated carbocycles. The Morgan fingerprint density at radius 1 is 0.788 bits per heavy atom. The van der Waals surface area contributed by atoms with Crippen molar-refractivity contribution >= 4 is 39.5 Å². The lowest BCUT2D eigenvalue weighted by Crippen LogP contribution is -2.50. The highest BCUT2D eigenvalue weighted by Crippen LogP contribution is 2.36. The summed E-state index contributed by atoms with van der Waals surface area (Å²) in [7, 11) is 0. The van der Waals surface area contributed by atoms with Gasteiger partial charge in [0, 0.05) is 10.0 Å². The van der Waals surface area contributed by atoms with Gasteiger partial charge in [0.05, 0.1) is 6.21 Å². The predicted octanol–water partition coefficient (Wildman–Crippen LogP) is 5.94. The number of phenolic OH excluding ortho intramolecular Hbond substituents is 1. The standard InChI is InChI=1S/C27H22BrN3OS/c28-24-16-17-25(32)20(18-24)19-29-31-26(33)30-27(21-10-4-1-5-11-21,22-12-6-2-7-13-22)23-14-8-3-9-15-23/h1-19,32H,(H2,30,31,33)/b29-19+. The molecule has 4 aromatic rings. The zero-order chi connectivity index (χ0) is 23.1. The van der Waals surface area contributed by atoms with Crippen LogP contribution in [0.3, 0.4) is 0 Å². The van der Waals surface area contributed by atoms with E-state index in [2.05, 4.69) is 68.2 Å². The largest absolute Gasteiger partial charge is 0.507 e. The lowest BCUT2D eigenvalue weighted by Gasteiger charge is -2.37. The highest BCUT2D eigenvalue weighted by Gasteiger charge is 2.36. The fraction of sp³-hybridized carbons (Fsp3) is 0.0370. The van der Waals surface area contributed by atoms with Crippen molar-refractivity contribution < 1.29 is 5.11 Å². The molecule has 0 radical (unpaired) electrons. The van der Waals surface area contributed by atoms with Crippen LogP contribution >= 0.6 is 28.1 Å². The molecule has 0 atom stereocenters. The summed E-state index contributed by atoms with van der Waals surface area (Å²) < 4.78 is 0.846. The molecule has 0 aliphatic carbocycles. The zero-order valence-corrected chi connectivity index (χ0v) is 20.1. The molecule has 3 N–H and O–H groups in total. The number of phenols is 1. The third kappa shape index (κ3) is 5.13. The van der Waals surface area contributed by atoms with Crippen LogP contribution in [-0.4, -0.2) is 16.4 Å². The molecule has 0 spiro atoms. The molecule has 4 aromatic carbocycles. The van der Waals surface area contributed by atoms with Crippen LogP contribution in [0.2, 0.25) is 0 Å². The van der Waals surface area contributed by atoms with Crippen molar-refractivity contribution in [3.05, 3.63) is 136 Å². The van der Waals surface area contributed by atoms with Gasteiger partial charge in [0.25, 0.3) is 0 Å². The van der Waals surface area contributed by atoms with E-state index < -0.39 is 5.54 Å². The first kappa shape index (κ1) is 22.7. The number of halogens is 1. The third-order valence-corrected chi connectivity index (χ3v) is 5.97. The van der Waals surface area contributed by atoms with E-state index in [1.807, 2.05) is 54.6 Å². The molecular formula is C27H22BrN3OS. The number of aromatic hydroxyl groups is 1. The van der Waals surface area contributed by atoms with Crippen molar-refractivity contribution in [2.45, 2.75) is 5.54 Å². The molecular weight excluding hydrogens is 494 g/mol. The molecule has 0 heterocycles. The molecule has 0 saturated heterocycles. The highest BCUT2D eigenvalue weighted by molar-refractivity contribution is 9.10. The Bertz CT molecular complexity index is 1150. The first-order valence-corrected chi connectivity index (χ1v) is 11.6. The maximum Gasteiger partial charge on any atom is 0.188 e. The number of nitrogens with one attached hydrogen (secondary N) is 2. The Hall–Kier alpha value is -3.48. The Labute approximate surface area is 207 Å². The fourth-order valence-corrected chi connectivity index (χ4v) is 4.35. The van der Waals surface area contributed by atoms with Crippen molar-refractivity contribution in [2.75, 3.05) is 0 Å². The summed E-state index contributed by atoms with van der Waals surface area (Å²) >= 11 is 9.07. The molecule has 0 bridgehead atoms. The van der Waals surface area contributed by atoms with Crippen molar-refractivity contribution in [2.24, 2.45) is 5.10 Å². The Balaban J connectivity index is 1.72. The second kappa shape index (κ2) is 10.4. The summed E-state index contributed by atoms with van der Waals surface area (Å²) in [5, 5.41) is 18.2. The van der Waals surface area contributed by atoms with Crippen LogP contribution in [0, 0.1) is 0 Å². The Morgan fingerprint density at radius 3 is 1.76 bits per heavy atom. The summed E-state index contributed by atoms with van der Waals surface area (Å²) in [5.74, 6) is 0.134. The number of hydrazone groups is 1. The summed E-state index contributed by atoms with van der Waals surface area (Å²) in [6, 6.07) is 35.7. The number of hydrogen-bond acceptors (Lipinski definition) is 3. The lowest BCUT2D eigenvalue weighted by molar-refractivity contribution is 0.474. The number of hydrogen-bond donors (Lipinski definition) is 3. The highest BCUT2D eigenvalue weighted by atomic mass is 79.9. The van der Waals surface area contributed by atoms with E-state index in [0.29, 0.717) is 10.7 Å². The third-order valence-electron chi connectivity index (χ3n) is 5.28. The second-order valence-electron chi connectivity index (χ2n) is 7.38. The van der Waals surface area contributed by atoms with Gasteiger partial charge in [-0.25, -0.2) is 0 Å². The summed E-state index contributed by atoms with van der Waals surface area (Å²) in [5.41, 5.74) is 5.87. The van der Waals surface area contributed by atoms with Crippen molar-refractivity contribution in [3.63, 3.8) is 0 Å². The van der Waals surface area contributed by atoms with Gasteiger partial charge in [0.15, 0.2) is 5.11 Å². The molecule has 4 rings (SSSR count). The molecule has 164 valence electrons. The first-order chi connectivity index (χ1) is 16.1. The molecule has 0 aliphatic rings. The summed E-state index contributed by atoms with van der Waals surface area (Å²) in [6.45, 7) is 0. The molecule has 0 unspecified atom stereocenters. The maximum atomic E-state index is 10.0. The average molecular weight is 516 g/mol. The average Bonchev–Trinajstić information content (AvgIpc) is 2.86. The van der Waals surface area contributed by atoms with E-state index in [4.69, 9.17) is 12.2 Å². The van der Waals surface area contributed by atoms with Crippen LogP contribution in [0.15, 0.2) is 119 Å². The van der Waals surface area contributed by atoms with Crippen LogP contribution in [0.1, 0.15) is 22.3 Å². The van der Waals surface area contributed by atoms with Gasteiger partial charge in [-0.1, -0.05) is 107 Å². The van der Waals surface area contributed by atoms with Gasteiger partial charge in [-0.15, -0.1) is 0 Å². The van der Waals surface area contributed by atoms with E-state index >= 15 is 0 Å². The molecule has 0 aromatic heterocycles. The maximum absolute atomic E-state index is 10.0. The van der Waals surface area contributed by atoms with E-state index in [0.717, 1.165) is 21.2 Å². The number of thiocarbonyl (C=S) groups is 1. The number of rotatable bonds is 6. The smallest absolute Gasteiger partial charge is 0.188 e. The lowest BCUT2D eigenvalue weighted by atomic mass is 9.77. The quantitative estimate of drug-likeness (QED) is 0.128. The molecule has 4 nitrogen and oxygen atoms in total. The van der Waals surface area contributed by atoms with Gasteiger partial charge in [-0.2, -0.15) is 5.10 Å². The van der Waals surface area contributed by atoms with Crippen LogP contribution in [0.5, 0.6) is 5.75 Å². The predicted molar refractivity (Wildman–Crippen MR) is 141 cm³/mol. The van der Waals surface area contributed by atoms with Crippen molar-refractivity contribution in [1.82, 2.24) is 10.7 Å². The molecule has 0 fully saturated rings. The fourth-order valence-electron chi connectivity index (χ4n) is 3.77. The van der Waals surface area contributed by atoms with Gasteiger partial charge in [0.2, 0.25) is 0 Å². The Kier molecular flexibility index (Phi) is 7.17. The van der Waals surface area contributed by atoms with Crippen molar-refractivity contribution in [3.8, 4) is 5.75 Å². The molecule has 6 heteroatoms. The number of benzene rings is 4. The van der Waals surface area contributed by atoms with Gasteiger partial charge < -0.3 is 10.4 Å². The van der Waals surface area contributed by atoms with Gasteiger partial charge in [0.1, 0.15) is 11.3 Å². The second-order valence-corrected chi connectivity index (χ2v) is 8.70. The van der Waals surface area contributed by atoms with E-state index in [1.54, 1.807) is 18.2 Å². The summed E-state index contributed by atoms with van der Waals surface area (Å²) in [6.07, 6.45) is 1.53. The monoisotopic (exact) mass is 515 g/mol. The number of nitrogens with zero attached hydrogens (tertiary/aromatic N) is 1. The topological polar surface area (TPSA) is 56.7 Å². The molecule has 33 heavy (non-hydrogen) atoms. The van der Waals surface area contributed by atoms with Crippen molar-refractivity contribution in [1.29, 1.82) is 0 Å². The zero-order valence-electron chi connectivity index (χ0n) is 17.7. The van der Waals surface area contributed by atoms with E-state index in [9.17, 15) is 5.11 Å². The first-order valence-electron chi connectivity index (χ1n) is 10.4. The normalized spacial score (nSPS) is 11.3. The SMILES string of the molecule is Oc1ccc(Br)cc1/C=N/NC(=S)NC(c1ccccc1)(c1ccccc1)c1ccccc1.